The van der Waals surface area contributed by atoms with E-state index in [9.17, 15) is 9.18 Å². The van der Waals surface area contributed by atoms with Gasteiger partial charge in [-0.1, -0.05) is 0 Å². The van der Waals surface area contributed by atoms with Gasteiger partial charge in [0.05, 0.1) is 30.4 Å². The molecule has 0 unspecified atom stereocenters. The van der Waals surface area contributed by atoms with Gasteiger partial charge in [0.15, 0.2) is 11.3 Å². The number of hydrogen-bond donors (Lipinski definition) is 1. The minimum atomic E-state index is -0.525. The van der Waals surface area contributed by atoms with E-state index < -0.39 is 11.7 Å². The maximum atomic E-state index is 13.2. The minimum Gasteiger partial charge on any atom is -0.380 e. The fourth-order valence-corrected chi connectivity index (χ4v) is 2.99. The highest BCUT2D eigenvalue weighted by molar-refractivity contribution is 6.03. The second kappa shape index (κ2) is 6.68. The summed E-state index contributed by atoms with van der Waals surface area (Å²) in [5.74, 6) is -0.217. The summed E-state index contributed by atoms with van der Waals surface area (Å²) in [6.07, 6.45) is 4.99. The summed E-state index contributed by atoms with van der Waals surface area (Å²) >= 11 is 0. The third-order valence-corrected chi connectivity index (χ3v) is 4.35. The predicted octanol–water partition coefficient (Wildman–Crippen LogP) is 1.74. The van der Waals surface area contributed by atoms with Crippen LogP contribution in [0, 0.1) is 5.82 Å². The van der Waals surface area contributed by atoms with Crippen LogP contribution in [0.1, 0.15) is 16.9 Å². The van der Waals surface area contributed by atoms with Crippen LogP contribution in [-0.4, -0.2) is 51.8 Å². The van der Waals surface area contributed by atoms with Crippen LogP contribution >= 0.6 is 0 Å². The van der Waals surface area contributed by atoms with Crippen molar-refractivity contribution >= 4 is 23.1 Å². The Morgan fingerprint density at radius 3 is 3.00 bits per heavy atom. The molecule has 9 heteroatoms. The van der Waals surface area contributed by atoms with Crippen LogP contribution in [0.25, 0.3) is 5.65 Å². The number of halogens is 1. The molecule has 1 amide bonds. The number of fused-ring (bicyclic) bond motifs is 1. The highest BCUT2D eigenvalue weighted by Gasteiger charge is 2.24. The molecule has 1 aliphatic heterocycles. The molecule has 1 atom stereocenters. The van der Waals surface area contributed by atoms with Crippen molar-refractivity contribution in [3.05, 3.63) is 48.3 Å². The molecule has 0 bridgehead atoms. The second-order valence-corrected chi connectivity index (χ2v) is 6.04. The molecule has 0 aliphatic carbocycles. The number of hydrogen-bond acceptors (Lipinski definition) is 6. The lowest BCUT2D eigenvalue weighted by atomic mass is 10.3. The second-order valence-electron chi connectivity index (χ2n) is 6.04. The third-order valence-electron chi connectivity index (χ3n) is 4.35. The van der Waals surface area contributed by atoms with Crippen LogP contribution in [0.2, 0.25) is 0 Å². The molecule has 3 aromatic heterocycles. The summed E-state index contributed by atoms with van der Waals surface area (Å²) in [7, 11) is 1.70. The Balaban J connectivity index is 1.61. The molecule has 26 heavy (non-hydrogen) atoms. The van der Waals surface area contributed by atoms with Gasteiger partial charge >= 0.3 is 0 Å². The molecule has 0 spiro atoms. The maximum absolute atomic E-state index is 13.2. The molecule has 4 heterocycles. The highest BCUT2D eigenvalue weighted by Crippen LogP contribution is 2.20. The number of aromatic nitrogens is 4. The van der Waals surface area contributed by atoms with E-state index in [0.717, 1.165) is 31.5 Å². The minimum absolute atomic E-state index is 0.179. The first-order chi connectivity index (χ1) is 12.6. The molecule has 0 radical (unpaired) electrons. The summed E-state index contributed by atoms with van der Waals surface area (Å²) in [6, 6.07) is 4.88. The Labute approximate surface area is 148 Å². The number of ether oxygens (including phenoxy) is 1. The number of nitrogens with zero attached hydrogens (tertiary/aromatic N) is 5. The van der Waals surface area contributed by atoms with Crippen LogP contribution in [0.5, 0.6) is 0 Å². The van der Waals surface area contributed by atoms with Crippen molar-refractivity contribution in [3.8, 4) is 0 Å². The summed E-state index contributed by atoms with van der Waals surface area (Å²) < 4.78 is 20.1. The number of methoxy groups -OCH3 is 1. The van der Waals surface area contributed by atoms with Crippen LogP contribution in [0.3, 0.4) is 0 Å². The summed E-state index contributed by atoms with van der Waals surface area (Å²) in [6.45, 7) is 1.59. The van der Waals surface area contributed by atoms with Crippen molar-refractivity contribution in [3.63, 3.8) is 0 Å². The van der Waals surface area contributed by atoms with Gasteiger partial charge in [0.2, 0.25) is 0 Å². The summed E-state index contributed by atoms with van der Waals surface area (Å²) in [5.41, 5.74) is 1.08. The van der Waals surface area contributed by atoms with Gasteiger partial charge < -0.3 is 15.0 Å². The number of nitrogens with one attached hydrogen (secondary N) is 1. The number of pyridine rings is 1. The SMILES string of the molecule is CO[C@H]1CCN(c2ccc3ncc(C(=O)Nc4cncc(F)c4)n3n2)C1. The molecular formula is C17H17FN6O2. The van der Waals surface area contributed by atoms with Crippen molar-refractivity contribution in [2.45, 2.75) is 12.5 Å². The predicted molar refractivity (Wildman–Crippen MR) is 92.8 cm³/mol. The number of amides is 1. The Morgan fingerprint density at radius 1 is 1.35 bits per heavy atom. The van der Waals surface area contributed by atoms with Crippen molar-refractivity contribution in [1.29, 1.82) is 0 Å². The summed E-state index contributed by atoms with van der Waals surface area (Å²) in [4.78, 5) is 22.6. The summed E-state index contributed by atoms with van der Waals surface area (Å²) in [5, 5.41) is 7.15. The Kier molecular flexibility index (Phi) is 4.21. The zero-order valence-electron chi connectivity index (χ0n) is 14.1. The lowest BCUT2D eigenvalue weighted by Gasteiger charge is -2.17. The Bertz CT molecular complexity index is 959. The highest BCUT2D eigenvalue weighted by atomic mass is 19.1. The van der Waals surface area contributed by atoms with Gasteiger partial charge in [-0.2, -0.15) is 0 Å². The van der Waals surface area contributed by atoms with E-state index >= 15 is 0 Å². The number of carbonyl (C=O) groups is 1. The smallest absolute Gasteiger partial charge is 0.276 e. The van der Waals surface area contributed by atoms with E-state index in [-0.39, 0.29) is 17.5 Å². The van der Waals surface area contributed by atoms with Gasteiger partial charge in [-0.3, -0.25) is 9.78 Å². The standard InChI is InChI=1S/C17H17FN6O2/c1-26-13-4-5-23(10-13)16-3-2-15-20-9-14(24(15)22-16)17(25)21-12-6-11(18)7-19-8-12/h2-3,6-9,13H,4-5,10H2,1H3,(H,21,25)/t13-/m0/s1. The molecule has 1 aliphatic rings. The van der Waals surface area contributed by atoms with Gasteiger partial charge in [0.25, 0.3) is 5.91 Å². The first-order valence-corrected chi connectivity index (χ1v) is 8.18. The number of anilines is 2. The monoisotopic (exact) mass is 356 g/mol. The van der Waals surface area contributed by atoms with Crippen molar-refractivity contribution in [1.82, 2.24) is 19.6 Å². The first-order valence-electron chi connectivity index (χ1n) is 8.18. The quantitative estimate of drug-likeness (QED) is 0.767. The molecule has 0 aromatic carbocycles. The van der Waals surface area contributed by atoms with Gasteiger partial charge in [0, 0.05) is 26.3 Å². The van der Waals surface area contributed by atoms with Crippen LogP contribution in [-0.2, 0) is 4.74 Å². The fraction of sp³-hybridized carbons (Fsp3) is 0.294. The molecule has 1 saturated heterocycles. The normalized spacial score (nSPS) is 17.0. The number of imidazole rings is 1. The molecule has 134 valence electrons. The van der Waals surface area contributed by atoms with Gasteiger partial charge in [-0.15, -0.1) is 5.10 Å². The van der Waals surface area contributed by atoms with Gasteiger partial charge in [-0.05, 0) is 18.6 Å². The van der Waals surface area contributed by atoms with Crippen molar-refractivity contribution in [2.24, 2.45) is 0 Å². The zero-order chi connectivity index (χ0) is 18.1. The molecule has 8 nitrogen and oxygen atoms in total. The van der Waals surface area contributed by atoms with Crippen molar-refractivity contribution < 1.29 is 13.9 Å². The molecule has 3 aromatic rings. The largest absolute Gasteiger partial charge is 0.380 e. The number of rotatable bonds is 4. The van der Waals surface area contributed by atoms with Crippen LogP contribution in [0.4, 0.5) is 15.9 Å². The lowest BCUT2D eigenvalue weighted by Crippen LogP contribution is -2.24. The average molecular weight is 356 g/mol. The van der Waals surface area contributed by atoms with E-state index in [1.54, 1.807) is 7.11 Å². The van der Waals surface area contributed by atoms with Crippen LogP contribution in [0.15, 0.2) is 36.8 Å². The lowest BCUT2D eigenvalue weighted by molar-refractivity contribution is 0.102. The van der Waals surface area contributed by atoms with Crippen LogP contribution < -0.4 is 10.2 Å². The number of carbonyl (C=O) groups excluding carboxylic acids is 1. The van der Waals surface area contributed by atoms with E-state index in [4.69, 9.17) is 4.74 Å². The van der Waals surface area contributed by atoms with Gasteiger partial charge in [0.1, 0.15) is 11.6 Å². The topological polar surface area (TPSA) is 84.6 Å². The molecule has 0 saturated carbocycles. The molecule has 1 N–H and O–H groups in total. The van der Waals surface area contributed by atoms with E-state index in [2.05, 4.69) is 25.3 Å². The Hall–Kier alpha value is -3.07. The van der Waals surface area contributed by atoms with E-state index in [1.807, 2.05) is 12.1 Å². The van der Waals surface area contributed by atoms with E-state index in [0.29, 0.717) is 5.65 Å². The third kappa shape index (κ3) is 3.08. The molecule has 4 rings (SSSR count). The average Bonchev–Trinajstić information content (AvgIpc) is 3.28. The molecule has 1 fully saturated rings. The zero-order valence-corrected chi connectivity index (χ0v) is 14.1. The van der Waals surface area contributed by atoms with Gasteiger partial charge in [-0.25, -0.2) is 13.9 Å². The maximum Gasteiger partial charge on any atom is 0.276 e. The Morgan fingerprint density at radius 2 is 2.23 bits per heavy atom. The molecular weight excluding hydrogens is 339 g/mol. The van der Waals surface area contributed by atoms with Crippen molar-refractivity contribution in [2.75, 3.05) is 30.4 Å². The first kappa shape index (κ1) is 16.4. The van der Waals surface area contributed by atoms with E-state index in [1.165, 1.54) is 23.0 Å². The fourth-order valence-electron chi connectivity index (χ4n) is 2.99.